The maximum absolute atomic E-state index is 12.8. The maximum atomic E-state index is 12.8. The van der Waals surface area contributed by atoms with Crippen molar-refractivity contribution < 1.29 is 9.53 Å². The van der Waals surface area contributed by atoms with Gasteiger partial charge >= 0.3 is 0 Å². The average Bonchev–Trinajstić information content (AvgIpc) is 2.61. The molecule has 1 heterocycles. The SMILES string of the molecule is Cc1ccccc1C1(CNC(=O)C2(N)CCCCC2)CCOCC1. The quantitative estimate of drug-likeness (QED) is 0.892. The van der Waals surface area contributed by atoms with Crippen molar-refractivity contribution in [2.75, 3.05) is 19.8 Å². The van der Waals surface area contributed by atoms with Gasteiger partial charge in [-0.2, -0.15) is 0 Å². The van der Waals surface area contributed by atoms with Crippen LogP contribution < -0.4 is 11.1 Å². The van der Waals surface area contributed by atoms with E-state index in [0.717, 1.165) is 51.7 Å². The summed E-state index contributed by atoms with van der Waals surface area (Å²) in [5, 5.41) is 3.21. The number of carbonyl (C=O) groups is 1. The fourth-order valence-electron chi connectivity index (χ4n) is 4.31. The Labute approximate surface area is 145 Å². The first-order chi connectivity index (χ1) is 11.6. The number of aryl methyl sites for hydroxylation is 1. The molecule has 1 aromatic rings. The van der Waals surface area contributed by atoms with Crippen LogP contribution in [-0.4, -0.2) is 31.2 Å². The zero-order chi connectivity index (χ0) is 17.0. The van der Waals surface area contributed by atoms with E-state index in [2.05, 4.69) is 36.5 Å². The second-order valence-electron chi connectivity index (χ2n) is 7.61. The number of ether oxygens (including phenoxy) is 1. The molecule has 0 unspecified atom stereocenters. The maximum Gasteiger partial charge on any atom is 0.240 e. The third kappa shape index (κ3) is 3.50. The van der Waals surface area contributed by atoms with Crippen molar-refractivity contribution in [1.82, 2.24) is 5.32 Å². The van der Waals surface area contributed by atoms with E-state index in [1.807, 2.05) is 0 Å². The van der Waals surface area contributed by atoms with Crippen LogP contribution in [0.5, 0.6) is 0 Å². The molecule has 1 saturated carbocycles. The zero-order valence-corrected chi connectivity index (χ0v) is 14.8. The second kappa shape index (κ2) is 7.24. The topological polar surface area (TPSA) is 64.4 Å². The van der Waals surface area contributed by atoms with Crippen molar-refractivity contribution in [1.29, 1.82) is 0 Å². The lowest BCUT2D eigenvalue weighted by Crippen LogP contribution is -2.57. The molecule has 0 atom stereocenters. The highest BCUT2D eigenvalue weighted by atomic mass is 16.5. The van der Waals surface area contributed by atoms with Crippen LogP contribution in [0.3, 0.4) is 0 Å². The number of hydrogen-bond donors (Lipinski definition) is 2. The van der Waals surface area contributed by atoms with E-state index in [1.54, 1.807) is 0 Å². The van der Waals surface area contributed by atoms with Crippen molar-refractivity contribution in [3.05, 3.63) is 35.4 Å². The largest absolute Gasteiger partial charge is 0.381 e. The van der Waals surface area contributed by atoms with Gasteiger partial charge in [0.2, 0.25) is 5.91 Å². The van der Waals surface area contributed by atoms with E-state index in [-0.39, 0.29) is 11.3 Å². The Kier molecular flexibility index (Phi) is 5.26. The van der Waals surface area contributed by atoms with Crippen molar-refractivity contribution in [3.63, 3.8) is 0 Å². The fraction of sp³-hybridized carbons (Fsp3) is 0.650. The summed E-state index contributed by atoms with van der Waals surface area (Å²) in [7, 11) is 0. The van der Waals surface area contributed by atoms with Crippen LogP contribution in [0.1, 0.15) is 56.1 Å². The van der Waals surface area contributed by atoms with Crippen molar-refractivity contribution in [2.45, 2.75) is 62.8 Å². The zero-order valence-electron chi connectivity index (χ0n) is 14.8. The first-order valence-electron chi connectivity index (χ1n) is 9.27. The highest BCUT2D eigenvalue weighted by molar-refractivity contribution is 5.86. The summed E-state index contributed by atoms with van der Waals surface area (Å²) >= 11 is 0. The highest BCUT2D eigenvalue weighted by Gasteiger charge is 2.39. The summed E-state index contributed by atoms with van der Waals surface area (Å²) in [6, 6.07) is 8.51. The van der Waals surface area contributed by atoms with Gasteiger partial charge in [0, 0.05) is 25.2 Å². The van der Waals surface area contributed by atoms with Gasteiger partial charge in [0.25, 0.3) is 0 Å². The Balaban J connectivity index is 1.76. The van der Waals surface area contributed by atoms with E-state index >= 15 is 0 Å². The summed E-state index contributed by atoms with van der Waals surface area (Å²) in [4.78, 5) is 12.8. The molecule has 0 aromatic heterocycles. The average molecular weight is 330 g/mol. The molecule has 3 N–H and O–H groups in total. The number of benzene rings is 1. The number of rotatable bonds is 4. The van der Waals surface area contributed by atoms with E-state index < -0.39 is 5.54 Å². The van der Waals surface area contributed by atoms with Crippen LogP contribution in [0.25, 0.3) is 0 Å². The number of carbonyl (C=O) groups excluding carboxylic acids is 1. The van der Waals surface area contributed by atoms with Crippen LogP contribution in [-0.2, 0) is 14.9 Å². The van der Waals surface area contributed by atoms with Gasteiger partial charge < -0.3 is 15.8 Å². The van der Waals surface area contributed by atoms with E-state index in [0.29, 0.717) is 6.54 Å². The Morgan fingerprint density at radius 3 is 2.46 bits per heavy atom. The molecular formula is C20H30N2O2. The number of hydrogen-bond acceptors (Lipinski definition) is 3. The third-order valence-electron chi connectivity index (χ3n) is 5.95. The van der Waals surface area contributed by atoms with Gasteiger partial charge in [-0.1, -0.05) is 43.5 Å². The van der Waals surface area contributed by atoms with Gasteiger partial charge in [-0.3, -0.25) is 4.79 Å². The molecule has 0 radical (unpaired) electrons. The van der Waals surface area contributed by atoms with Gasteiger partial charge in [-0.25, -0.2) is 0 Å². The molecule has 0 bridgehead atoms. The van der Waals surface area contributed by atoms with Crippen LogP contribution in [0.4, 0.5) is 0 Å². The minimum atomic E-state index is -0.670. The molecular weight excluding hydrogens is 300 g/mol. The Morgan fingerprint density at radius 2 is 1.79 bits per heavy atom. The van der Waals surface area contributed by atoms with Gasteiger partial charge in [0.05, 0.1) is 5.54 Å². The molecule has 1 aliphatic heterocycles. The Bertz CT molecular complexity index is 573. The number of nitrogens with one attached hydrogen (secondary N) is 1. The lowest BCUT2D eigenvalue weighted by Gasteiger charge is -2.40. The van der Waals surface area contributed by atoms with Crippen LogP contribution in [0, 0.1) is 6.92 Å². The highest BCUT2D eigenvalue weighted by Crippen LogP contribution is 2.36. The summed E-state index contributed by atoms with van der Waals surface area (Å²) in [6.07, 6.45) is 6.79. The van der Waals surface area contributed by atoms with Gasteiger partial charge in [0.1, 0.15) is 0 Å². The molecule has 24 heavy (non-hydrogen) atoms. The van der Waals surface area contributed by atoms with Crippen LogP contribution in [0.15, 0.2) is 24.3 Å². The molecule has 132 valence electrons. The van der Waals surface area contributed by atoms with Crippen LogP contribution in [0.2, 0.25) is 0 Å². The fourth-order valence-corrected chi connectivity index (χ4v) is 4.31. The standard InChI is InChI=1S/C20H30N2O2/c1-16-7-3-4-8-17(16)19(11-13-24-14-12-19)15-22-18(23)20(21)9-5-2-6-10-20/h3-4,7-8H,2,5-6,9-15,21H2,1H3,(H,22,23). The van der Waals surface area contributed by atoms with E-state index in [4.69, 9.17) is 10.5 Å². The molecule has 1 saturated heterocycles. The van der Waals surface area contributed by atoms with Gasteiger partial charge in [-0.05, 0) is 43.7 Å². The van der Waals surface area contributed by atoms with Crippen molar-refractivity contribution in [2.24, 2.45) is 5.73 Å². The van der Waals surface area contributed by atoms with E-state index in [9.17, 15) is 4.79 Å². The second-order valence-corrected chi connectivity index (χ2v) is 7.61. The molecule has 1 amide bonds. The van der Waals surface area contributed by atoms with Gasteiger partial charge in [0.15, 0.2) is 0 Å². The minimum Gasteiger partial charge on any atom is -0.381 e. The summed E-state index contributed by atoms with van der Waals surface area (Å²) in [5.41, 5.74) is 8.31. The smallest absolute Gasteiger partial charge is 0.240 e. The Hall–Kier alpha value is -1.39. The molecule has 2 aliphatic rings. The molecule has 0 spiro atoms. The lowest BCUT2D eigenvalue weighted by atomic mass is 9.72. The van der Waals surface area contributed by atoms with Crippen molar-refractivity contribution in [3.8, 4) is 0 Å². The third-order valence-corrected chi connectivity index (χ3v) is 5.95. The minimum absolute atomic E-state index is 0.0293. The first-order valence-corrected chi connectivity index (χ1v) is 9.27. The van der Waals surface area contributed by atoms with Gasteiger partial charge in [-0.15, -0.1) is 0 Å². The molecule has 1 aromatic carbocycles. The summed E-state index contributed by atoms with van der Waals surface area (Å²) < 4.78 is 5.59. The molecule has 1 aliphatic carbocycles. The molecule has 2 fully saturated rings. The van der Waals surface area contributed by atoms with Crippen LogP contribution >= 0.6 is 0 Å². The van der Waals surface area contributed by atoms with E-state index in [1.165, 1.54) is 17.5 Å². The lowest BCUT2D eigenvalue weighted by molar-refractivity contribution is -0.128. The molecule has 3 rings (SSSR count). The normalized spacial score (nSPS) is 22.8. The molecule has 4 heteroatoms. The first kappa shape index (κ1) is 17.4. The van der Waals surface area contributed by atoms with Crippen molar-refractivity contribution >= 4 is 5.91 Å². The predicted octanol–water partition coefficient (Wildman–Crippen LogP) is 2.82. The predicted molar refractivity (Wildman–Crippen MR) is 95.9 cm³/mol. The molecule has 4 nitrogen and oxygen atoms in total. The summed E-state index contributed by atoms with van der Waals surface area (Å²) in [5.74, 6) is 0.0293. The monoisotopic (exact) mass is 330 g/mol. The Morgan fingerprint density at radius 1 is 1.12 bits per heavy atom. The number of nitrogens with two attached hydrogens (primary N) is 1. The number of amides is 1. The summed E-state index contributed by atoms with van der Waals surface area (Å²) in [6.45, 7) is 4.30.